The standard InChI is InChI=1S/C19H31NO/c1-15(2)14-20(17-9-5-6-10-17)13-12-19(21)18-11-7-4-8-16(18)3/h4,7-8,11,15,17,19,21H,5-6,9-10,12-14H2,1-3H3. The van der Waals surface area contributed by atoms with Crippen molar-refractivity contribution in [3.63, 3.8) is 0 Å². The second-order valence-corrected chi connectivity index (χ2v) is 6.99. The molecule has 1 unspecified atom stereocenters. The Bertz CT molecular complexity index is 423. The average molecular weight is 289 g/mol. The Labute approximate surface area is 130 Å². The molecular weight excluding hydrogens is 258 g/mol. The van der Waals surface area contributed by atoms with E-state index in [9.17, 15) is 5.11 Å². The summed E-state index contributed by atoms with van der Waals surface area (Å²) in [6.45, 7) is 8.84. The molecule has 0 bridgehead atoms. The van der Waals surface area contributed by atoms with Gasteiger partial charge in [0, 0.05) is 19.1 Å². The van der Waals surface area contributed by atoms with Gasteiger partial charge >= 0.3 is 0 Å². The highest BCUT2D eigenvalue weighted by molar-refractivity contribution is 5.27. The molecule has 1 aliphatic rings. The Balaban J connectivity index is 1.92. The van der Waals surface area contributed by atoms with Crippen LogP contribution in [0.4, 0.5) is 0 Å². The molecular formula is C19H31NO. The molecule has 1 aromatic carbocycles. The molecule has 2 nitrogen and oxygen atoms in total. The molecule has 0 aromatic heterocycles. The summed E-state index contributed by atoms with van der Waals surface area (Å²) in [7, 11) is 0. The first-order chi connectivity index (χ1) is 10.1. The number of nitrogens with zero attached hydrogens (tertiary/aromatic N) is 1. The third-order valence-electron chi connectivity index (χ3n) is 4.68. The van der Waals surface area contributed by atoms with Crippen LogP contribution in [0.15, 0.2) is 24.3 Å². The number of aliphatic hydroxyl groups is 1. The highest BCUT2D eigenvalue weighted by atomic mass is 16.3. The second-order valence-electron chi connectivity index (χ2n) is 6.99. The van der Waals surface area contributed by atoms with Crippen LogP contribution in [0.25, 0.3) is 0 Å². The van der Waals surface area contributed by atoms with Gasteiger partial charge in [-0.15, -0.1) is 0 Å². The topological polar surface area (TPSA) is 23.5 Å². The molecule has 1 aliphatic carbocycles. The van der Waals surface area contributed by atoms with E-state index in [0.29, 0.717) is 5.92 Å². The third-order valence-corrected chi connectivity index (χ3v) is 4.68. The van der Waals surface area contributed by atoms with Crippen molar-refractivity contribution >= 4 is 0 Å². The largest absolute Gasteiger partial charge is 0.388 e. The van der Waals surface area contributed by atoms with Crippen LogP contribution >= 0.6 is 0 Å². The maximum atomic E-state index is 10.5. The van der Waals surface area contributed by atoms with Gasteiger partial charge in [-0.3, -0.25) is 0 Å². The molecule has 1 atom stereocenters. The first kappa shape index (κ1) is 16.5. The summed E-state index contributed by atoms with van der Waals surface area (Å²) in [5, 5.41) is 10.5. The lowest BCUT2D eigenvalue weighted by molar-refractivity contribution is 0.115. The SMILES string of the molecule is Cc1ccccc1C(O)CCN(CC(C)C)C1CCCC1. The zero-order chi connectivity index (χ0) is 15.2. The van der Waals surface area contributed by atoms with Crippen LogP contribution in [-0.2, 0) is 0 Å². The number of hydrogen-bond donors (Lipinski definition) is 1. The number of aliphatic hydroxyl groups excluding tert-OH is 1. The zero-order valence-corrected chi connectivity index (χ0v) is 13.9. The third kappa shape index (κ3) is 4.82. The summed E-state index contributed by atoms with van der Waals surface area (Å²) in [6.07, 6.45) is 5.94. The van der Waals surface area contributed by atoms with E-state index in [1.54, 1.807) is 0 Å². The smallest absolute Gasteiger partial charge is 0.0804 e. The minimum Gasteiger partial charge on any atom is -0.388 e. The molecule has 0 radical (unpaired) electrons. The van der Waals surface area contributed by atoms with Gasteiger partial charge in [0.05, 0.1) is 6.10 Å². The predicted octanol–water partition coefficient (Wildman–Crippen LogP) is 4.32. The summed E-state index contributed by atoms with van der Waals surface area (Å²) in [4.78, 5) is 2.62. The van der Waals surface area contributed by atoms with Gasteiger partial charge in [0.25, 0.3) is 0 Å². The highest BCUT2D eigenvalue weighted by Gasteiger charge is 2.23. The molecule has 1 fully saturated rings. The van der Waals surface area contributed by atoms with Gasteiger partial charge in [-0.05, 0) is 43.2 Å². The molecule has 0 saturated heterocycles. The first-order valence-corrected chi connectivity index (χ1v) is 8.55. The average Bonchev–Trinajstić information content (AvgIpc) is 2.97. The molecule has 1 N–H and O–H groups in total. The van der Waals surface area contributed by atoms with Gasteiger partial charge in [-0.2, -0.15) is 0 Å². The van der Waals surface area contributed by atoms with Crippen LogP contribution < -0.4 is 0 Å². The molecule has 0 amide bonds. The quantitative estimate of drug-likeness (QED) is 0.808. The summed E-state index contributed by atoms with van der Waals surface area (Å²) in [5.74, 6) is 0.696. The van der Waals surface area contributed by atoms with Gasteiger partial charge < -0.3 is 10.0 Å². The van der Waals surface area contributed by atoms with Crippen LogP contribution in [0.1, 0.15) is 63.2 Å². The van der Waals surface area contributed by atoms with E-state index < -0.39 is 0 Å². The highest BCUT2D eigenvalue weighted by Crippen LogP contribution is 2.26. The Morgan fingerprint density at radius 2 is 1.86 bits per heavy atom. The minimum atomic E-state index is -0.331. The Kier molecular flexibility index (Phi) is 6.25. The number of benzene rings is 1. The Morgan fingerprint density at radius 3 is 2.48 bits per heavy atom. The fourth-order valence-electron chi connectivity index (χ4n) is 3.57. The molecule has 0 heterocycles. The van der Waals surface area contributed by atoms with Crippen molar-refractivity contribution in [2.45, 2.75) is 65.0 Å². The van der Waals surface area contributed by atoms with Crippen molar-refractivity contribution in [3.8, 4) is 0 Å². The van der Waals surface area contributed by atoms with Crippen molar-refractivity contribution in [1.82, 2.24) is 4.90 Å². The van der Waals surface area contributed by atoms with Crippen molar-refractivity contribution < 1.29 is 5.11 Å². The second kappa shape index (κ2) is 7.95. The summed E-state index contributed by atoms with van der Waals surface area (Å²) >= 11 is 0. The number of hydrogen-bond acceptors (Lipinski definition) is 2. The normalized spacial score (nSPS) is 17.8. The lowest BCUT2D eigenvalue weighted by Gasteiger charge is -2.31. The van der Waals surface area contributed by atoms with Crippen molar-refractivity contribution in [3.05, 3.63) is 35.4 Å². The van der Waals surface area contributed by atoms with Crippen LogP contribution in [0, 0.1) is 12.8 Å². The van der Waals surface area contributed by atoms with E-state index in [1.165, 1.54) is 31.2 Å². The lowest BCUT2D eigenvalue weighted by atomic mass is 10.0. The van der Waals surface area contributed by atoms with E-state index in [2.05, 4.69) is 37.8 Å². The molecule has 0 aliphatic heterocycles. The van der Waals surface area contributed by atoms with Gasteiger partial charge in [0.2, 0.25) is 0 Å². The minimum absolute atomic E-state index is 0.331. The summed E-state index contributed by atoms with van der Waals surface area (Å²) in [6, 6.07) is 8.95. The molecule has 118 valence electrons. The van der Waals surface area contributed by atoms with Crippen molar-refractivity contribution in [2.75, 3.05) is 13.1 Å². The van der Waals surface area contributed by atoms with E-state index in [1.807, 2.05) is 12.1 Å². The molecule has 2 heteroatoms. The lowest BCUT2D eigenvalue weighted by Crippen LogP contribution is -2.37. The van der Waals surface area contributed by atoms with Crippen molar-refractivity contribution in [1.29, 1.82) is 0 Å². The predicted molar refractivity (Wildman–Crippen MR) is 89.4 cm³/mol. The maximum absolute atomic E-state index is 10.5. The number of rotatable bonds is 7. The molecule has 2 rings (SSSR count). The van der Waals surface area contributed by atoms with E-state index in [-0.39, 0.29) is 6.10 Å². The van der Waals surface area contributed by atoms with Gasteiger partial charge in [-0.1, -0.05) is 51.0 Å². The van der Waals surface area contributed by atoms with Gasteiger partial charge in [-0.25, -0.2) is 0 Å². The Hall–Kier alpha value is -0.860. The van der Waals surface area contributed by atoms with Crippen LogP contribution in [0.2, 0.25) is 0 Å². The molecule has 1 aromatic rings. The fraction of sp³-hybridized carbons (Fsp3) is 0.684. The molecule has 21 heavy (non-hydrogen) atoms. The van der Waals surface area contributed by atoms with Crippen molar-refractivity contribution in [2.24, 2.45) is 5.92 Å². The zero-order valence-electron chi connectivity index (χ0n) is 13.9. The summed E-state index contributed by atoms with van der Waals surface area (Å²) in [5.41, 5.74) is 2.29. The van der Waals surface area contributed by atoms with E-state index in [0.717, 1.165) is 31.1 Å². The Morgan fingerprint density at radius 1 is 1.19 bits per heavy atom. The molecule has 1 saturated carbocycles. The fourth-order valence-corrected chi connectivity index (χ4v) is 3.57. The van der Waals surface area contributed by atoms with Gasteiger partial charge in [0.15, 0.2) is 0 Å². The summed E-state index contributed by atoms with van der Waals surface area (Å²) < 4.78 is 0. The van der Waals surface area contributed by atoms with Crippen LogP contribution in [0.5, 0.6) is 0 Å². The van der Waals surface area contributed by atoms with Crippen LogP contribution in [-0.4, -0.2) is 29.1 Å². The first-order valence-electron chi connectivity index (χ1n) is 8.55. The van der Waals surface area contributed by atoms with Gasteiger partial charge in [0.1, 0.15) is 0 Å². The van der Waals surface area contributed by atoms with E-state index >= 15 is 0 Å². The molecule has 0 spiro atoms. The van der Waals surface area contributed by atoms with Crippen LogP contribution in [0.3, 0.4) is 0 Å². The monoisotopic (exact) mass is 289 g/mol. The maximum Gasteiger partial charge on any atom is 0.0804 e. The van der Waals surface area contributed by atoms with E-state index in [4.69, 9.17) is 0 Å². The number of aryl methyl sites for hydroxylation is 1.